The molecule has 1 aromatic rings. The lowest BCUT2D eigenvalue weighted by molar-refractivity contribution is -0.138. The molecule has 0 radical (unpaired) electrons. The summed E-state index contributed by atoms with van der Waals surface area (Å²) >= 11 is 0. The number of imide groups is 1. The van der Waals surface area contributed by atoms with Gasteiger partial charge in [0.05, 0.1) is 11.9 Å². The quantitative estimate of drug-likeness (QED) is 0.643. The number of para-hydroxylation sites is 1. The Morgan fingerprint density at radius 1 is 0.935 bits per heavy atom. The lowest BCUT2D eigenvalue weighted by atomic mass is 9.94. The van der Waals surface area contributed by atoms with Crippen LogP contribution in [0.3, 0.4) is 0 Å². The highest BCUT2D eigenvalue weighted by molar-refractivity contribution is 7.88. The minimum absolute atomic E-state index is 0.0658. The van der Waals surface area contributed by atoms with Crippen molar-refractivity contribution in [2.24, 2.45) is 5.92 Å². The largest absolute Gasteiger partial charge is 0.342 e. The molecule has 4 amide bonds. The summed E-state index contributed by atoms with van der Waals surface area (Å²) < 4.78 is 24.7. The lowest BCUT2D eigenvalue weighted by Crippen LogP contribution is -2.50. The molecular formula is C21H28N4O5S. The van der Waals surface area contributed by atoms with Gasteiger partial charge in [-0.1, -0.05) is 18.2 Å². The van der Waals surface area contributed by atoms with Crippen molar-refractivity contribution in [1.82, 2.24) is 14.1 Å². The zero-order valence-corrected chi connectivity index (χ0v) is 18.5. The predicted octanol–water partition coefficient (Wildman–Crippen LogP) is 1.12. The summed E-state index contributed by atoms with van der Waals surface area (Å²) in [7, 11) is -3.21. The van der Waals surface area contributed by atoms with Gasteiger partial charge in [0.25, 0.3) is 5.91 Å². The summed E-state index contributed by atoms with van der Waals surface area (Å²) in [5.41, 5.74) is 0.577. The molecule has 3 fully saturated rings. The Kier molecular flexibility index (Phi) is 6.02. The zero-order valence-electron chi connectivity index (χ0n) is 17.6. The highest BCUT2D eigenvalue weighted by Crippen LogP contribution is 2.28. The Morgan fingerprint density at radius 3 is 2.13 bits per heavy atom. The van der Waals surface area contributed by atoms with E-state index < -0.39 is 10.0 Å². The third-order valence-corrected chi connectivity index (χ3v) is 7.80. The van der Waals surface area contributed by atoms with E-state index in [2.05, 4.69) is 0 Å². The van der Waals surface area contributed by atoms with E-state index in [4.69, 9.17) is 0 Å². The van der Waals surface area contributed by atoms with Gasteiger partial charge in [0.1, 0.15) is 6.54 Å². The Bertz CT molecular complexity index is 951. The number of benzene rings is 1. The smallest absolute Gasteiger partial charge is 0.332 e. The third-order valence-electron chi connectivity index (χ3n) is 6.50. The number of hydrogen-bond acceptors (Lipinski definition) is 5. The number of urea groups is 1. The average molecular weight is 449 g/mol. The SMILES string of the molecule is CS(=O)(=O)N1CCC(C(=O)N2CCC(N3CC(=O)N(c4ccccc4)C3=O)CC2)CC1. The summed E-state index contributed by atoms with van der Waals surface area (Å²) in [5.74, 6) is -0.313. The van der Waals surface area contributed by atoms with Gasteiger partial charge in [-0.2, -0.15) is 0 Å². The topological polar surface area (TPSA) is 98.3 Å². The van der Waals surface area contributed by atoms with Gasteiger partial charge in [0, 0.05) is 38.1 Å². The number of hydrogen-bond donors (Lipinski definition) is 0. The molecule has 0 aliphatic carbocycles. The number of piperidine rings is 2. The fourth-order valence-electron chi connectivity index (χ4n) is 4.73. The van der Waals surface area contributed by atoms with Crippen LogP contribution in [-0.2, 0) is 19.6 Å². The van der Waals surface area contributed by atoms with Crippen molar-refractivity contribution >= 4 is 33.6 Å². The number of rotatable bonds is 4. The van der Waals surface area contributed by atoms with Gasteiger partial charge in [-0.15, -0.1) is 0 Å². The van der Waals surface area contributed by atoms with Crippen molar-refractivity contribution in [2.45, 2.75) is 31.7 Å². The molecule has 3 aliphatic rings. The van der Waals surface area contributed by atoms with Crippen LogP contribution in [0.2, 0.25) is 0 Å². The van der Waals surface area contributed by atoms with Gasteiger partial charge in [-0.3, -0.25) is 9.59 Å². The zero-order chi connectivity index (χ0) is 22.2. The molecule has 3 saturated heterocycles. The Labute approximate surface area is 182 Å². The minimum atomic E-state index is -3.21. The molecule has 0 atom stereocenters. The van der Waals surface area contributed by atoms with Crippen molar-refractivity contribution in [3.63, 3.8) is 0 Å². The Morgan fingerprint density at radius 2 is 1.55 bits per heavy atom. The van der Waals surface area contributed by atoms with Crippen LogP contribution in [0.15, 0.2) is 30.3 Å². The second-order valence-corrected chi connectivity index (χ2v) is 10.5. The van der Waals surface area contributed by atoms with E-state index >= 15 is 0 Å². The van der Waals surface area contributed by atoms with Gasteiger partial charge in [0.2, 0.25) is 15.9 Å². The first-order valence-corrected chi connectivity index (χ1v) is 12.5. The summed E-state index contributed by atoms with van der Waals surface area (Å²) in [6.45, 7) is 1.91. The van der Waals surface area contributed by atoms with Gasteiger partial charge in [-0.05, 0) is 37.8 Å². The molecule has 3 aliphatic heterocycles. The molecule has 1 aromatic carbocycles. The Hall–Kier alpha value is -2.46. The number of amides is 4. The maximum absolute atomic E-state index is 12.9. The molecule has 3 heterocycles. The molecule has 31 heavy (non-hydrogen) atoms. The molecule has 0 bridgehead atoms. The summed E-state index contributed by atoms with van der Waals surface area (Å²) in [6, 6.07) is 8.55. The average Bonchev–Trinajstić information content (AvgIpc) is 3.07. The first-order valence-electron chi connectivity index (χ1n) is 10.7. The van der Waals surface area contributed by atoms with Crippen LogP contribution in [0, 0.1) is 5.92 Å². The molecule has 4 rings (SSSR count). The third kappa shape index (κ3) is 4.45. The van der Waals surface area contributed by atoms with Crippen molar-refractivity contribution in [1.29, 1.82) is 0 Å². The van der Waals surface area contributed by atoms with Crippen LogP contribution < -0.4 is 4.90 Å². The number of anilines is 1. The van der Waals surface area contributed by atoms with E-state index in [0.29, 0.717) is 57.5 Å². The summed E-state index contributed by atoms with van der Waals surface area (Å²) in [6.07, 6.45) is 3.54. The lowest BCUT2D eigenvalue weighted by Gasteiger charge is -2.38. The van der Waals surface area contributed by atoms with E-state index in [-0.39, 0.29) is 36.3 Å². The molecule has 0 N–H and O–H groups in total. The normalized spacial score (nSPS) is 22.4. The highest BCUT2D eigenvalue weighted by atomic mass is 32.2. The first-order chi connectivity index (χ1) is 14.8. The van der Waals surface area contributed by atoms with E-state index in [1.165, 1.54) is 15.5 Å². The maximum Gasteiger partial charge on any atom is 0.332 e. The van der Waals surface area contributed by atoms with Crippen LogP contribution in [0.4, 0.5) is 10.5 Å². The molecule has 10 heteroatoms. The molecule has 0 saturated carbocycles. The Balaban J connectivity index is 1.31. The van der Waals surface area contributed by atoms with Crippen LogP contribution in [0.1, 0.15) is 25.7 Å². The predicted molar refractivity (Wildman–Crippen MR) is 115 cm³/mol. The molecule has 9 nitrogen and oxygen atoms in total. The first kappa shape index (κ1) is 21.8. The van der Waals surface area contributed by atoms with E-state index in [1.807, 2.05) is 11.0 Å². The standard InChI is InChI=1S/C21H28N4O5S/c1-31(29,30)23-13-7-16(8-14-23)20(27)22-11-9-17(10-12-22)24-15-19(26)25(21(24)28)18-5-3-2-4-6-18/h2-6,16-17H,7-15H2,1H3. The number of likely N-dealkylation sites (tertiary alicyclic amines) is 1. The van der Waals surface area contributed by atoms with E-state index in [9.17, 15) is 22.8 Å². The van der Waals surface area contributed by atoms with Crippen LogP contribution in [0.5, 0.6) is 0 Å². The molecular weight excluding hydrogens is 420 g/mol. The number of carbonyl (C=O) groups is 3. The minimum Gasteiger partial charge on any atom is -0.342 e. The number of sulfonamides is 1. The van der Waals surface area contributed by atoms with Crippen LogP contribution in [0.25, 0.3) is 0 Å². The van der Waals surface area contributed by atoms with Crippen molar-refractivity contribution in [3.8, 4) is 0 Å². The van der Waals surface area contributed by atoms with Crippen molar-refractivity contribution in [3.05, 3.63) is 30.3 Å². The fourth-order valence-corrected chi connectivity index (χ4v) is 5.60. The van der Waals surface area contributed by atoms with Crippen molar-refractivity contribution < 1.29 is 22.8 Å². The number of nitrogens with zero attached hydrogens (tertiary/aromatic N) is 4. The fraction of sp³-hybridized carbons (Fsp3) is 0.571. The second kappa shape index (κ2) is 8.58. The summed E-state index contributed by atoms with van der Waals surface area (Å²) in [5, 5.41) is 0. The maximum atomic E-state index is 12.9. The van der Waals surface area contributed by atoms with Crippen molar-refractivity contribution in [2.75, 3.05) is 43.9 Å². The monoisotopic (exact) mass is 448 g/mol. The molecule has 0 aromatic heterocycles. The van der Waals surface area contributed by atoms with E-state index in [0.717, 1.165) is 0 Å². The number of carbonyl (C=O) groups excluding carboxylic acids is 3. The van der Waals surface area contributed by atoms with Gasteiger partial charge in [-0.25, -0.2) is 22.4 Å². The summed E-state index contributed by atoms with van der Waals surface area (Å²) in [4.78, 5) is 42.9. The van der Waals surface area contributed by atoms with Gasteiger partial charge >= 0.3 is 6.03 Å². The second-order valence-electron chi connectivity index (χ2n) is 8.47. The molecule has 0 unspecified atom stereocenters. The van der Waals surface area contributed by atoms with Crippen LogP contribution in [-0.4, -0.2) is 85.4 Å². The molecule has 0 spiro atoms. The van der Waals surface area contributed by atoms with Gasteiger partial charge < -0.3 is 9.80 Å². The molecule has 168 valence electrons. The highest BCUT2D eigenvalue weighted by Gasteiger charge is 2.42. The van der Waals surface area contributed by atoms with Crippen LogP contribution >= 0.6 is 0 Å². The van der Waals surface area contributed by atoms with E-state index in [1.54, 1.807) is 29.2 Å². The van der Waals surface area contributed by atoms with Gasteiger partial charge in [0.15, 0.2) is 0 Å².